The Morgan fingerprint density at radius 3 is 2.59 bits per heavy atom. The monoisotopic (exact) mass is 391 g/mol. The lowest BCUT2D eigenvalue weighted by Crippen LogP contribution is -2.30. The van der Waals surface area contributed by atoms with Crippen LogP contribution in [0.4, 0.5) is 4.39 Å². The van der Waals surface area contributed by atoms with Crippen molar-refractivity contribution in [3.8, 4) is 5.75 Å². The lowest BCUT2D eigenvalue weighted by molar-refractivity contribution is -0.147. The molecular formula is C20H22FNO4S. The second-order valence-electron chi connectivity index (χ2n) is 5.69. The highest BCUT2D eigenvalue weighted by Gasteiger charge is 2.10. The van der Waals surface area contributed by atoms with Crippen molar-refractivity contribution in [3.63, 3.8) is 0 Å². The van der Waals surface area contributed by atoms with Crippen LogP contribution in [-0.2, 0) is 26.5 Å². The number of hydrogen-bond acceptors (Lipinski definition) is 5. The third kappa shape index (κ3) is 7.70. The van der Waals surface area contributed by atoms with Gasteiger partial charge >= 0.3 is 5.97 Å². The zero-order valence-electron chi connectivity index (χ0n) is 15.1. The molecule has 1 amide bonds. The maximum absolute atomic E-state index is 13.6. The molecule has 0 bridgehead atoms. The summed E-state index contributed by atoms with van der Waals surface area (Å²) in [6.07, 6.45) is -0.110. The van der Waals surface area contributed by atoms with Gasteiger partial charge in [-0.05, 0) is 23.3 Å². The number of rotatable bonds is 10. The zero-order valence-corrected chi connectivity index (χ0v) is 15.9. The molecule has 0 heterocycles. The molecule has 27 heavy (non-hydrogen) atoms. The lowest BCUT2D eigenvalue weighted by atomic mass is 10.1. The normalized spacial score (nSPS) is 10.3. The minimum absolute atomic E-state index is 0.108. The van der Waals surface area contributed by atoms with E-state index in [1.807, 2.05) is 18.2 Å². The molecule has 0 aliphatic rings. The highest BCUT2D eigenvalue weighted by Crippen LogP contribution is 2.18. The summed E-state index contributed by atoms with van der Waals surface area (Å²) >= 11 is 1.71. The Bertz CT molecular complexity index is 755. The van der Waals surface area contributed by atoms with E-state index in [-0.39, 0.29) is 24.7 Å². The molecule has 7 heteroatoms. The summed E-state index contributed by atoms with van der Waals surface area (Å²) in [5, 5.41) is 2.70. The lowest BCUT2D eigenvalue weighted by Gasteiger charge is -2.08. The Morgan fingerprint density at radius 1 is 1.11 bits per heavy atom. The molecule has 0 radical (unpaired) electrons. The first-order valence-corrected chi connectivity index (χ1v) is 9.60. The third-order valence-corrected chi connectivity index (χ3v) is 4.64. The SMILES string of the molecule is COc1ccc(CC(=O)OCC(=O)NCCSCc2ccccc2)cc1F. The number of thioether (sulfide) groups is 1. The Balaban J connectivity index is 1.59. The largest absolute Gasteiger partial charge is 0.494 e. The molecule has 0 spiro atoms. The van der Waals surface area contributed by atoms with Gasteiger partial charge in [-0.3, -0.25) is 9.59 Å². The van der Waals surface area contributed by atoms with E-state index in [1.54, 1.807) is 17.8 Å². The number of carbonyl (C=O) groups excluding carboxylic acids is 2. The van der Waals surface area contributed by atoms with Crippen LogP contribution in [0, 0.1) is 5.82 Å². The first-order chi connectivity index (χ1) is 13.1. The summed E-state index contributed by atoms with van der Waals surface area (Å²) in [6, 6.07) is 14.3. The maximum atomic E-state index is 13.6. The molecule has 0 unspecified atom stereocenters. The van der Waals surface area contributed by atoms with Gasteiger partial charge in [0.2, 0.25) is 0 Å². The fourth-order valence-corrected chi connectivity index (χ4v) is 3.08. The minimum Gasteiger partial charge on any atom is -0.494 e. The average Bonchev–Trinajstić information content (AvgIpc) is 2.67. The van der Waals surface area contributed by atoms with E-state index in [0.29, 0.717) is 12.1 Å². The number of amides is 1. The number of methoxy groups -OCH3 is 1. The molecule has 0 saturated carbocycles. The van der Waals surface area contributed by atoms with Crippen LogP contribution in [-0.4, -0.2) is 37.9 Å². The molecule has 5 nitrogen and oxygen atoms in total. The van der Waals surface area contributed by atoms with Gasteiger partial charge in [0.1, 0.15) is 0 Å². The van der Waals surface area contributed by atoms with Crippen LogP contribution < -0.4 is 10.1 Å². The first kappa shape index (κ1) is 20.8. The Labute approximate surface area is 162 Å². The van der Waals surface area contributed by atoms with Gasteiger partial charge in [0.15, 0.2) is 18.2 Å². The topological polar surface area (TPSA) is 64.6 Å². The van der Waals surface area contributed by atoms with Gasteiger partial charge in [-0.25, -0.2) is 4.39 Å². The van der Waals surface area contributed by atoms with Gasteiger partial charge in [0.25, 0.3) is 5.91 Å². The van der Waals surface area contributed by atoms with Gasteiger partial charge in [-0.2, -0.15) is 11.8 Å². The van der Waals surface area contributed by atoms with Gasteiger partial charge in [-0.1, -0.05) is 36.4 Å². The van der Waals surface area contributed by atoms with E-state index in [4.69, 9.17) is 9.47 Å². The van der Waals surface area contributed by atoms with E-state index in [1.165, 1.54) is 24.8 Å². The standard InChI is InChI=1S/C20H22FNO4S/c1-25-18-8-7-16(11-17(18)21)12-20(24)26-13-19(23)22-9-10-27-14-15-5-3-2-4-6-15/h2-8,11H,9-10,12-14H2,1H3,(H,22,23). The molecule has 2 aromatic carbocycles. The van der Waals surface area contributed by atoms with Crippen LogP contribution in [0.15, 0.2) is 48.5 Å². The van der Waals surface area contributed by atoms with Crippen molar-refractivity contribution in [2.45, 2.75) is 12.2 Å². The van der Waals surface area contributed by atoms with Crippen molar-refractivity contribution in [3.05, 3.63) is 65.5 Å². The molecule has 2 rings (SSSR count). The maximum Gasteiger partial charge on any atom is 0.310 e. The summed E-state index contributed by atoms with van der Waals surface area (Å²) in [5.74, 6) is 0.256. The fraction of sp³-hybridized carbons (Fsp3) is 0.300. The molecule has 0 atom stereocenters. The van der Waals surface area contributed by atoms with Crippen molar-refractivity contribution < 1.29 is 23.5 Å². The van der Waals surface area contributed by atoms with Gasteiger partial charge in [-0.15, -0.1) is 0 Å². The fourth-order valence-electron chi connectivity index (χ4n) is 2.26. The molecular weight excluding hydrogens is 369 g/mol. The average molecular weight is 391 g/mol. The molecule has 0 saturated heterocycles. The summed E-state index contributed by atoms with van der Waals surface area (Å²) in [4.78, 5) is 23.5. The van der Waals surface area contributed by atoms with Crippen LogP contribution in [0.25, 0.3) is 0 Å². The van der Waals surface area contributed by atoms with Gasteiger partial charge in [0.05, 0.1) is 13.5 Å². The van der Waals surface area contributed by atoms with E-state index in [9.17, 15) is 14.0 Å². The van der Waals surface area contributed by atoms with Gasteiger partial charge in [0, 0.05) is 18.1 Å². The molecule has 1 N–H and O–H groups in total. The molecule has 0 aliphatic carbocycles. The van der Waals surface area contributed by atoms with E-state index in [2.05, 4.69) is 17.4 Å². The number of hydrogen-bond donors (Lipinski definition) is 1. The molecule has 0 aliphatic heterocycles. The Kier molecular flexibility index (Phi) is 8.64. The van der Waals surface area contributed by atoms with Crippen molar-refractivity contribution in [1.82, 2.24) is 5.32 Å². The Hall–Kier alpha value is -2.54. The summed E-state index contributed by atoms with van der Waals surface area (Å²) in [6.45, 7) is 0.151. The van der Waals surface area contributed by atoms with Crippen LogP contribution in [0.1, 0.15) is 11.1 Å². The summed E-state index contributed by atoms with van der Waals surface area (Å²) in [5.41, 5.74) is 1.69. The van der Waals surface area contributed by atoms with Crippen molar-refractivity contribution in [2.75, 3.05) is 26.0 Å². The van der Waals surface area contributed by atoms with Crippen LogP contribution in [0.5, 0.6) is 5.75 Å². The van der Waals surface area contributed by atoms with E-state index < -0.39 is 11.8 Å². The highest BCUT2D eigenvalue weighted by atomic mass is 32.2. The minimum atomic E-state index is -0.590. The summed E-state index contributed by atoms with van der Waals surface area (Å²) < 4.78 is 23.3. The number of benzene rings is 2. The Morgan fingerprint density at radius 2 is 1.89 bits per heavy atom. The number of halogens is 1. The number of carbonyl (C=O) groups is 2. The predicted octanol–water partition coefficient (Wildman–Crippen LogP) is 2.97. The zero-order chi connectivity index (χ0) is 19.5. The molecule has 144 valence electrons. The smallest absolute Gasteiger partial charge is 0.310 e. The number of nitrogens with one attached hydrogen (secondary N) is 1. The second-order valence-corrected chi connectivity index (χ2v) is 6.80. The third-order valence-electron chi connectivity index (χ3n) is 3.61. The van der Waals surface area contributed by atoms with Crippen molar-refractivity contribution >= 4 is 23.6 Å². The van der Waals surface area contributed by atoms with Crippen molar-refractivity contribution in [2.24, 2.45) is 0 Å². The molecule has 0 aromatic heterocycles. The van der Waals surface area contributed by atoms with E-state index in [0.717, 1.165) is 11.5 Å². The predicted molar refractivity (Wildman–Crippen MR) is 103 cm³/mol. The molecule has 2 aromatic rings. The van der Waals surface area contributed by atoms with Crippen LogP contribution >= 0.6 is 11.8 Å². The molecule has 0 fully saturated rings. The second kappa shape index (κ2) is 11.2. The number of ether oxygens (including phenoxy) is 2. The summed E-state index contributed by atoms with van der Waals surface area (Å²) in [7, 11) is 1.37. The quantitative estimate of drug-likeness (QED) is 0.498. The first-order valence-electron chi connectivity index (χ1n) is 8.45. The van der Waals surface area contributed by atoms with Crippen LogP contribution in [0.2, 0.25) is 0 Å². The van der Waals surface area contributed by atoms with Crippen molar-refractivity contribution in [1.29, 1.82) is 0 Å². The van der Waals surface area contributed by atoms with Crippen LogP contribution in [0.3, 0.4) is 0 Å². The number of esters is 1. The highest BCUT2D eigenvalue weighted by molar-refractivity contribution is 7.98. The van der Waals surface area contributed by atoms with E-state index >= 15 is 0 Å². The van der Waals surface area contributed by atoms with Gasteiger partial charge < -0.3 is 14.8 Å².